The fraction of sp³-hybridized carbons (Fsp3) is 0.0833. The molecular weight excluding hydrogens is 452 g/mol. The highest BCUT2D eigenvalue weighted by Gasteiger charge is 2.19. The van der Waals surface area contributed by atoms with Crippen LogP contribution in [0, 0.1) is 18.3 Å². The smallest absolute Gasteiger partial charge is 0.166 e. The summed E-state index contributed by atoms with van der Waals surface area (Å²) in [6.07, 6.45) is 4.97. The highest BCUT2D eigenvalue weighted by Crippen LogP contribution is 2.29. The minimum atomic E-state index is -0.221. The third-order valence-corrected chi connectivity index (χ3v) is 5.49. The average molecular weight is 469 g/mol. The normalized spacial score (nSPS) is 10.9. The summed E-state index contributed by atoms with van der Waals surface area (Å²) in [5.41, 5.74) is 4.68. The Kier molecular flexibility index (Phi) is 5.28. The Balaban J connectivity index is 1.57. The third-order valence-electron chi connectivity index (χ3n) is 5.21. The highest BCUT2D eigenvalue weighted by molar-refractivity contribution is 6.32. The van der Waals surface area contributed by atoms with Crippen molar-refractivity contribution in [2.75, 3.05) is 5.32 Å². The van der Waals surface area contributed by atoms with Crippen LogP contribution in [0.1, 0.15) is 28.7 Å². The number of nitriles is 1. The van der Waals surface area contributed by atoms with Crippen LogP contribution >= 0.6 is 11.6 Å². The molecule has 1 N–H and O–H groups in total. The van der Waals surface area contributed by atoms with Crippen molar-refractivity contribution in [2.45, 2.75) is 13.8 Å². The molecule has 0 spiro atoms. The van der Waals surface area contributed by atoms with Gasteiger partial charge in [0.2, 0.25) is 0 Å². The van der Waals surface area contributed by atoms with Crippen LogP contribution in [0.2, 0.25) is 5.02 Å². The van der Waals surface area contributed by atoms with E-state index in [1.165, 1.54) is 11.6 Å². The summed E-state index contributed by atoms with van der Waals surface area (Å²) in [6, 6.07) is 14.7. The molecule has 0 aliphatic heterocycles. The Morgan fingerprint density at radius 2 is 1.91 bits per heavy atom. The number of rotatable bonds is 5. The summed E-state index contributed by atoms with van der Waals surface area (Å²) >= 11 is 6.54. The van der Waals surface area contributed by atoms with E-state index in [4.69, 9.17) is 16.9 Å². The van der Waals surface area contributed by atoms with E-state index >= 15 is 0 Å². The fourth-order valence-corrected chi connectivity index (χ4v) is 3.78. The zero-order valence-corrected chi connectivity index (χ0v) is 18.9. The number of nitrogens with one attached hydrogen (secondary N) is 1. The molecule has 5 aromatic rings. The van der Waals surface area contributed by atoms with Gasteiger partial charge in [-0.25, -0.2) is 14.6 Å². The Morgan fingerprint density at radius 3 is 2.62 bits per heavy atom. The zero-order chi connectivity index (χ0) is 23.8. The summed E-state index contributed by atoms with van der Waals surface area (Å²) in [7, 11) is 0. The molecule has 1 aromatic carbocycles. The first-order valence-corrected chi connectivity index (χ1v) is 10.7. The summed E-state index contributed by atoms with van der Waals surface area (Å²) in [5.74, 6) is 0.448. The van der Waals surface area contributed by atoms with E-state index in [1.54, 1.807) is 35.4 Å². The van der Waals surface area contributed by atoms with Crippen molar-refractivity contribution >= 4 is 39.8 Å². The standard InChI is InChI=1S/C24H17ClN8O/c1-14-3-4-18(12-27-14)29-16-5-6-22-21(9-16)28-13-32(22)24-20(25)10-19(15(2)34)23(30-24)33-8-7-17(11-26)31-33/h3-10,12-13,29H,1-2H3. The lowest BCUT2D eigenvalue weighted by atomic mass is 10.2. The number of halogens is 1. The fourth-order valence-electron chi connectivity index (χ4n) is 3.54. The first kappa shape index (κ1) is 21.3. The number of carbonyl (C=O) groups is 1. The van der Waals surface area contributed by atoms with Crippen LogP contribution in [0.25, 0.3) is 22.7 Å². The molecule has 34 heavy (non-hydrogen) atoms. The lowest BCUT2D eigenvalue weighted by Crippen LogP contribution is -2.10. The van der Waals surface area contributed by atoms with Gasteiger partial charge in [0.25, 0.3) is 0 Å². The minimum absolute atomic E-state index is 0.213. The number of Topliss-reactive ketones (excluding diaryl/α,β-unsaturated/α-hetero) is 1. The topological polar surface area (TPSA) is 114 Å². The number of aromatic nitrogens is 6. The molecule has 166 valence electrons. The van der Waals surface area contributed by atoms with Crippen LogP contribution in [-0.2, 0) is 0 Å². The van der Waals surface area contributed by atoms with Crippen molar-refractivity contribution < 1.29 is 4.79 Å². The van der Waals surface area contributed by atoms with Crippen LogP contribution in [0.3, 0.4) is 0 Å². The van der Waals surface area contributed by atoms with Crippen molar-refractivity contribution in [3.8, 4) is 17.7 Å². The molecule has 0 aliphatic rings. The molecule has 0 amide bonds. The molecule has 0 bridgehead atoms. The first-order chi connectivity index (χ1) is 16.4. The lowest BCUT2D eigenvalue weighted by Gasteiger charge is -2.12. The molecule has 0 fully saturated rings. The molecule has 10 heteroatoms. The molecular formula is C24H17ClN8O. The molecule has 0 saturated carbocycles. The quantitative estimate of drug-likeness (QED) is 0.369. The Labute approximate surface area is 199 Å². The average Bonchev–Trinajstić information content (AvgIpc) is 3.47. The van der Waals surface area contributed by atoms with Gasteiger partial charge in [-0.15, -0.1) is 0 Å². The number of imidazole rings is 1. The van der Waals surface area contributed by atoms with Gasteiger partial charge >= 0.3 is 0 Å². The molecule has 4 aromatic heterocycles. The van der Waals surface area contributed by atoms with Gasteiger partial charge in [-0.2, -0.15) is 10.4 Å². The van der Waals surface area contributed by atoms with Gasteiger partial charge in [0, 0.05) is 17.6 Å². The molecule has 4 heterocycles. The second-order valence-electron chi connectivity index (χ2n) is 7.61. The predicted octanol–water partition coefficient (Wildman–Crippen LogP) is 4.78. The largest absolute Gasteiger partial charge is 0.354 e. The maximum atomic E-state index is 12.2. The van der Waals surface area contributed by atoms with Crippen LogP contribution in [0.4, 0.5) is 11.4 Å². The van der Waals surface area contributed by atoms with Crippen molar-refractivity contribution in [1.29, 1.82) is 5.26 Å². The van der Waals surface area contributed by atoms with Crippen molar-refractivity contribution in [1.82, 2.24) is 29.3 Å². The van der Waals surface area contributed by atoms with Crippen LogP contribution in [0.15, 0.2) is 61.2 Å². The van der Waals surface area contributed by atoms with Crippen molar-refractivity contribution in [2.24, 2.45) is 0 Å². The zero-order valence-electron chi connectivity index (χ0n) is 18.2. The number of anilines is 2. The number of carbonyl (C=O) groups excluding carboxylic acids is 1. The lowest BCUT2D eigenvalue weighted by molar-refractivity contribution is 0.101. The number of fused-ring (bicyclic) bond motifs is 1. The van der Waals surface area contributed by atoms with E-state index < -0.39 is 0 Å². The van der Waals surface area contributed by atoms with Gasteiger partial charge in [-0.1, -0.05) is 11.6 Å². The van der Waals surface area contributed by atoms with E-state index in [0.717, 1.165) is 28.1 Å². The van der Waals surface area contributed by atoms with Gasteiger partial charge in [-0.3, -0.25) is 14.3 Å². The van der Waals surface area contributed by atoms with Gasteiger partial charge in [-0.05, 0) is 56.3 Å². The van der Waals surface area contributed by atoms with Crippen LogP contribution in [-0.4, -0.2) is 35.1 Å². The maximum absolute atomic E-state index is 12.2. The van der Waals surface area contributed by atoms with E-state index in [-0.39, 0.29) is 22.3 Å². The summed E-state index contributed by atoms with van der Waals surface area (Å²) in [4.78, 5) is 25.7. The van der Waals surface area contributed by atoms with E-state index in [0.29, 0.717) is 11.4 Å². The molecule has 0 unspecified atom stereocenters. The number of benzene rings is 1. The van der Waals surface area contributed by atoms with E-state index in [1.807, 2.05) is 43.3 Å². The monoisotopic (exact) mass is 468 g/mol. The molecule has 0 aliphatic carbocycles. The minimum Gasteiger partial charge on any atom is -0.354 e. The number of aryl methyl sites for hydroxylation is 1. The first-order valence-electron chi connectivity index (χ1n) is 10.3. The maximum Gasteiger partial charge on any atom is 0.166 e. The van der Waals surface area contributed by atoms with Gasteiger partial charge in [0.05, 0.1) is 33.5 Å². The van der Waals surface area contributed by atoms with Gasteiger partial charge in [0.1, 0.15) is 12.4 Å². The predicted molar refractivity (Wildman–Crippen MR) is 128 cm³/mol. The SMILES string of the molecule is CC(=O)c1cc(Cl)c(-n2cnc3cc(Nc4ccc(C)nc4)ccc32)nc1-n1ccc(C#N)n1. The number of nitrogens with zero attached hydrogens (tertiary/aromatic N) is 7. The third kappa shape index (κ3) is 3.87. The number of ketones is 1. The van der Waals surface area contributed by atoms with Gasteiger partial charge in [0.15, 0.2) is 23.1 Å². The van der Waals surface area contributed by atoms with Gasteiger partial charge < -0.3 is 5.32 Å². The Hall–Kier alpha value is -4.55. The van der Waals surface area contributed by atoms with E-state index in [2.05, 4.69) is 25.4 Å². The second kappa shape index (κ2) is 8.42. The van der Waals surface area contributed by atoms with Crippen molar-refractivity contribution in [3.05, 3.63) is 83.2 Å². The van der Waals surface area contributed by atoms with Crippen molar-refractivity contribution in [3.63, 3.8) is 0 Å². The second-order valence-corrected chi connectivity index (χ2v) is 8.02. The Bertz CT molecular complexity index is 1590. The van der Waals surface area contributed by atoms with Crippen LogP contribution < -0.4 is 5.32 Å². The van der Waals surface area contributed by atoms with E-state index in [9.17, 15) is 4.79 Å². The van der Waals surface area contributed by atoms with Crippen LogP contribution in [0.5, 0.6) is 0 Å². The summed E-state index contributed by atoms with van der Waals surface area (Å²) < 4.78 is 3.14. The number of pyridine rings is 2. The molecule has 0 atom stereocenters. The molecule has 5 rings (SSSR count). The Morgan fingerprint density at radius 1 is 1.09 bits per heavy atom. The summed E-state index contributed by atoms with van der Waals surface area (Å²) in [6.45, 7) is 3.36. The number of hydrogen-bond acceptors (Lipinski definition) is 7. The molecule has 9 nitrogen and oxygen atoms in total. The molecule has 0 radical (unpaired) electrons. The molecule has 0 saturated heterocycles. The summed E-state index contributed by atoms with van der Waals surface area (Å²) in [5, 5.41) is 16.9. The number of hydrogen-bond donors (Lipinski definition) is 1. The highest BCUT2D eigenvalue weighted by atomic mass is 35.5.